The highest BCUT2D eigenvalue weighted by atomic mass is 35.5. The van der Waals surface area contributed by atoms with E-state index in [1.807, 2.05) is 56.9 Å². The number of hydrogen-bond acceptors (Lipinski definition) is 1. The van der Waals surface area contributed by atoms with Crippen molar-refractivity contribution in [2.24, 2.45) is 0 Å². The third kappa shape index (κ3) is 3.88. The lowest BCUT2D eigenvalue weighted by Crippen LogP contribution is -2.41. The van der Waals surface area contributed by atoms with Crippen molar-refractivity contribution < 1.29 is 4.79 Å². The lowest BCUT2D eigenvalue weighted by atomic mass is 10.2. The van der Waals surface area contributed by atoms with E-state index in [0.717, 1.165) is 5.56 Å². The molecule has 0 fully saturated rings. The van der Waals surface area contributed by atoms with E-state index < -0.39 is 0 Å². The Morgan fingerprint density at radius 3 is 2.22 bits per heavy atom. The average molecular weight is 266 g/mol. The highest BCUT2D eigenvalue weighted by Crippen LogP contribution is 2.16. The largest absolute Gasteiger partial charge is 0.334 e. The molecular formula is C15H20ClNO. The van der Waals surface area contributed by atoms with Gasteiger partial charge in [-0.25, -0.2) is 0 Å². The second-order valence-electron chi connectivity index (χ2n) is 4.79. The highest BCUT2D eigenvalue weighted by molar-refractivity contribution is 6.32. The van der Waals surface area contributed by atoms with Gasteiger partial charge in [0.15, 0.2) is 0 Å². The van der Waals surface area contributed by atoms with Crippen LogP contribution in [0.1, 0.15) is 33.3 Å². The van der Waals surface area contributed by atoms with Crippen LogP contribution in [-0.2, 0) is 4.79 Å². The summed E-state index contributed by atoms with van der Waals surface area (Å²) in [5, 5.41) is 0.655. The molecule has 0 saturated heterocycles. The summed E-state index contributed by atoms with van der Waals surface area (Å²) < 4.78 is 0. The van der Waals surface area contributed by atoms with Gasteiger partial charge in [-0.1, -0.05) is 29.8 Å². The van der Waals surface area contributed by atoms with Crippen molar-refractivity contribution in [3.63, 3.8) is 0 Å². The van der Waals surface area contributed by atoms with Crippen molar-refractivity contribution in [1.82, 2.24) is 4.90 Å². The smallest absolute Gasteiger partial charge is 0.247 e. The first-order valence-electron chi connectivity index (χ1n) is 6.18. The Labute approximate surface area is 114 Å². The molecule has 0 atom stereocenters. The molecule has 0 saturated carbocycles. The van der Waals surface area contributed by atoms with Crippen LogP contribution in [0.5, 0.6) is 0 Å². The molecule has 1 amide bonds. The van der Waals surface area contributed by atoms with E-state index in [2.05, 4.69) is 0 Å². The minimum Gasteiger partial charge on any atom is -0.334 e. The van der Waals surface area contributed by atoms with Gasteiger partial charge in [0, 0.05) is 23.2 Å². The van der Waals surface area contributed by atoms with Crippen LogP contribution in [0.15, 0.2) is 30.3 Å². The highest BCUT2D eigenvalue weighted by Gasteiger charge is 2.17. The van der Waals surface area contributed by atoms with E-state index in [-0.39, 0.29) is 18.0 Å². The van der Waals surface area contributed by atoms with Gasteiger partial charge in [-0.15, -0.1) is 0 Å². The lowest BCUT2D eigenvalue weighted by molar-refractivity contribution is -0.129. The number of carbonyl (C=O) groups excluding carboxylic acids is 1. The molecule has 3 heteroatoms. The summed E-state index contributed by atoms with van der Waals surface area (Å²) in [4.78, 5) is 13.9. The van der Waals surface area contributed by atoms with Gasteiger partial charge >= 0.3 is 0 Å². The molecule has 98 valence electrons. The van der Waals surface area contributed by atoms with E-state index in [0.29, 0.717) is 5.02 Å². The van der Waals surface area contributed by atoms with Gasteiger partial charge in [-0.3, -0.25) is 4.79 Å². The Bertz CT molecular complexity index is 430. The molecule has 2 nitrogen and oxygen atoms in total. The fourth-order valence-corrected chi connectivity index (χ4v) is 2.16. The Balaban J connectivity index is 2.84. The molecule has 0 aliphatic carbocycles. The van der Waals surface area contributed by atoms with Gasteiger partial charge in [0.25, 0.3) is 0 Å². The summed E-state index contributed by atoms with van der Waals surface area (Å²) >= 11 is 6.04. The monoisotopic (exact) mass is 265 g/mol. The van der Waals surface area contributed by atoms with Crippen molar-refractivity contribution in [2.75, 3.05) is 0 Å². The van der Waals surface area contributed by atoms with Crippen LogP contribution in [-0.4, -0.2) is 22.9 Å². The molecule has 0 heterocycles. The molecule has 1 rings (SSSR count). The molecule has 0 N–H and O–H groups in total. The quantitative estimate of drug-likeness (QED) is 0.754. The van der Waals surface area contributed by atoms with Gasteiger partial charge in [0.1, 0.15) is 0 Å². The topological polar surface area (TPSA) is 20.3 Å². The normalized spacial score (nSPS) is 11.5. The lowest BCUT2D eigenvalue weighted by Gasteiger charge is -2.29. The van der Waals surface area contributed by atoms with Crippen molar-refractivity contribution >= 4 is 23.6 Å². The molecule has 0 bridgehead atoms. The average Bonchev–Trinajstić information content (AvgIpc) is 2.27. The van der Waals surface area contributed by atoms with Gasteiger partial charge in [-0.05, 0) is 45.4 Å². The third-order valence-corrected chi connectivity index (χ3v) is 3.02. The molecule has 0 unspecified atom stereocenters. The maximum atomic E-state index is 12.1. The summed E-state index contributed by atoms with van der Waals surface area (Å²) in [6.45, 7) is 8.06. The summed E-state index contributed by atoms with van der Waals surface area (Å²) in [6.07, 6.45) is 3.35. The van der Waals surface area contributed by atoms with Crippen LogP contribution in [0.2, 0.25) is 5.02 Å². The van der Waals surface area contributed by atoms with Gasteiger partial charge in [-0.2, -0.15) is 0 Å². The fourth-order valence-electron chi connectivity index (χ4n) is 1.96. The van der Waals surface area contributed by atoms with Crippen LogP contribution >= 0.6 is 11.6 Å². The molecule has 1 aromatic rings. The van der Waals surface area contributed by atoms with Crippen molar-refractivity contribution in [3.05, 3.63) is 40.9 Å². The summed E-state index contributed by atoms with van der Waals surface area (Å²) in [5.74, 6) is 0.0138. The van der Waals surface area contributed by atoms with Crippen LogP contribution in [0.25, 0.3) is 6.08 Å². The Morgan fingerprint density at radius 1 is 1.17 bits per heavy atom. The molecule has 18 heavy (non-hydrogen) atoms. The van der Waals surface area contributed by atoms with Gasteiger partial charge in [0.2, 0.25) is 5.91 Å². The zero-order valence-electron chi connectivity index (χ0n) is 11.4. The number of amides is 1. The maximum Gasteiger partial charge on any atom is 0.247 e. The molecule has 1 aromatic carbocycles. The molecule has 0 spiro atoms. The van der Waals surface area contributed by atoms with E-state index in [1.54, 1.807) is 12.2 Å². The molecule has 0 aliphatic rings. The van der Waals surface area contributed by atoms with E-state index >= 15 is 0 Å². The summed E-state index contributed by atoms with van der Waals surface area (Å²) in [6, 6.07) is 7.85. The van der Waals surface area contributed by atoms with E-state index in [4.69, 9.17) is 11.6 Å². The Hall–Kier alpha value is -1.28. The Morgan fingerprint density at radius 2 is 1.72 bits per heavy atom. The molecular weight excluding hydrogens is 246 g/mol. The predicted molar refractivity (Wildman–Crippen MR) is 77.6 cm³/mol. The summed E-state index contributed by atoms with van der Waals surface area (Å²) in [7, 11) is 0. The fraction of sp³-hybridized carbons (Fsp3) is 0.400. The van der Waals surface area contributed by atoms with Crippen molar-refractivity contribution in [1.29, 1.82) is 0 Å². The first kappa shape index (κ1) is 14.8. The minimum absolute atomic E-state index is 0.0138. The summed E-state index contributed by atoms with van der Waals surface area (Å²) in [5.41, 5.74) is 0.861. The second-order valence-corrected chi connectivity index (χ2v) is 5.20. The van der Waals surface area contributed by atoms with Crippen LogP contribution in [0.3, 0.4) is 0 Å². The third-order valence-electron chi connectivity index (χ3n) is 2.68. The number of halogens is 1. The molecule has 0 aromatic heterocycles. The number of hydrogen-bond donors (Lipinski definition) is 0. The minimum atomic E-state index is 0.0138. The van der Waals surface area contributed by atoms with Crippen LogP contribution in [0, 0.1) is 0 Å². The van der Waals surface area contributed by atoms with Crippen LogP contribution < -0.4 is 0 Å². The van der Waals surface area contributed by atoms with Crippen molar-refractivity contribution in [3.8, 4) is 0 Å². The standard InChI is InChI=1S/C15H20ClNO/c1-11(2)17(12(3)4)15(18)10-9-13-7-5-6-8-14(13)16/h5-12H,1-4H3. The molecule has 0 radical (unpaired) electrons. The second kappa shape index (κ2) is 6.60. The van der Waals surface area contributed by atoms with Gasteiger partial charge in [0.05, 0.1) is 0 Å². The van der Waals surface area contributed by atoms with E-state index in [1.165, 1.54) is 0 Å². The van der Waals surface area contributed by atoms with Gasteiger partial charge < -0.3 is 4.90 Å². The zero-order valence-corrected chi connectivity index (χ0v) is 12.1. The Kier molecular flexibility index (Phi) is 5.42. The first-order valence-corrected chi connectivity index (χ1v) is 6.56. The maximum absolute atomic E-state index is 12.1. The predicted octanol–water partition coefficient (Wildman–Crippen LogP) is 4.00. The molecule has 0 aliphatic heterocycles. The number of rotatable bonds is 4. The number of benzene rings is 1. The SMILES string of the molecule is CC(C)N(C(=O)C=Cc1ccccc1Cl)C(C)C. The van der Waals surface area contributed by atoms with Crippen LogP contribution in [0.4, 0.5) is 0 Å². The van der Waals surface area contributed by atoms with Crippen molar-refractivity contribution in [2.45, 2.75) is 39.8 Å². The first-order chi connectivity index (χ1) is 8.43. The van der Waals surface area contributed by atoms with E-state index in [9.17, 15) is 4.79 Å². The zero-order chi connectivity index (χ0) is 13.7. The number of carbonyl (C=O) groups is 1. The number of nitrogens with zero attached hydrogens (tertiary/aromatic N) is 1.